The minimum atomic E-state index is -0.178. The molecule has 0 saturated carbocycles. The monoisotopic (exact) mass is 313 g/mol. The van der Waals surface area contributed by atoms with Crippen LogP contribution in [0.15, 0.2) is 89.7 Å². The second-order valence-electron chi connectivity index (χ2n) is 5.54. The zero-order valence-electron chi connectivity index (χ0n) is 12.9. The maximum absolute atomic E-state index is 11.8. The number of H-pyrrole nitrogens is 1. The molecule has 0 aliphatic rings. The van der Waals surface area contributed by atoms with Crippen LogP contribution in [0.5, 0.6) is 11.5 Å². The average Bonchev–Trinajstić information content (AvgIpc) is 2.62. The standard InChI is InChI=1S/C21H15NO2/c23-21-14-20(18-11-4-5-12-19(18)22-21)24-17-10-6-9-16(13-17)15-7-2-1-3-8-15/h1-14H,(H,22,23). The van der Waals surface area contributed by atoms with Crippen molar-refractivity contribution in [1.29, 1.82) is 0 Å². The van der Waals surface area contributed by atoms with Crippen LogP contribution in [0.25, 0.3) is 22.0 Å². The second-order valence-corrected chi connectivity index (χ2v) is 5.54. The molecule has 1 heterocycles. The Balaban J connectivity index is 1.76. The van der Waals surface area contributed by atoms with E-state index in [0.29, 0.717) is 11.5 Å². The first-order chi connectivity index (χ1) is 11.8. The summed E-state index contributed by atoms with van der Waals surface area (Å²) >= 11 is 0. The summed E-state index contributed by atoms with van der Waals surface area (Å²) in [6.07, 6.45) is 0. The molecule has 116 valence electrons. The molecule has 0 aliphatic carbocycles. The number of hydrogen-bond donors (Lipinski definition) is 1. The molecular weight excluding hydrogens is 298 g/mol. The number of pyridine rings is 1. The van der Waals surface area contributed by atoms with Crippen LogP contribution in [0.3, 0.4) is 0 Å². The van der Waals surface area contributed by atoms with Gasteiger partial charge in [0, 0.05) is 11.5 Å². The smallest absolute Gasteiger partial charge is 0.252 e. The zero-order chi connectivity index (χ0) is 16.4. The molecule has 0 spiro atoms. The van der Waals surface area contributed by atoms with E-state index in [4.69, 9.17) is 4.74 Å². The molecule has 3 heteroatoms. The van der Waals surface area contributed by atoms with Gasteiger partial charge in [0.15, 0.2) is 0 Å². The molecule has 0 amide bonds. The normalized spacial score (nSPS) is 10.7. The average molecular weight is 313 g/mol. The topological polar surface area (TPSA) is 42.1 Å². The predicted molar refractivity (Wildman–Crippen MR) is 96.5 cm³/mol. The highest BCUT2D eigenvalue weighted by atomic mass is 16.5. The first-order valence-electron chi connectivity index (χ1n) is 7.75. The van der Waals surface area contributed by atoms with Crippen molar-refractivity contribution in [3.05, 3.63) is 95.3 Å². The van der Waals surface area contributed by atoms with Gasteiger partial charge in [0.1, 0.15) is 11.5 Å². The van der Waals surface area contributed by atoms with E-state index in [1.807, 2.05) is 66.7 Å². The summed E-state index contributed by atoms with van der Waals surface area (Å²) in [5, 5.41) is 0.877. The number of benzene rings is 3. The van der Waals surface area contributed by atoms with Gasteiger partial charge in [-0.25, -0.2) is 0 Å². The van der Waals surface area contributed by atoms with E-state index in [0.717, 1.165) is 22.0 Å². The third kappa shape index (κ3) is 2.79. The third-order valence-electron chi connectivity index (χ3n) is 3.88. The minimum Gasteiger partial charge on any atom is -0.456 e. The molecule has 0 radical (unpaired) electrons. The van der Waals surface area contributed by atoms with Crippen LogP contribution in [0.2, 0.25) is 0 Å². The maximum Gasteiger partial charge on any atom is 0.252 e. The molecule has 3 nitrogen and oxygen atoms in total. The van der Waals surface area contributed by atoms with Crippen molar-refractivity contribution in [2.24, 2.45) is 0 Å². The van der Waals surface area contributed by atoms with Crippen LogP contribution >= 0.6 is 0 Å². The molecule has 0 bridgehead atoms. The Labute approximate surface area is 139 Å². The molecule has 24 heavy (non-hydrogen) atoms. The van der Waals surface area contributed by atoms with Gasteiger partial charge in [-0.15, -0.1) is 0 Å². The lowest BCUT2D eigenvalue weighted by Crippen LogP contribution is -2.04. The molecule has 0 unspecified atom stereocenters. The molecule has 1 N–H and O–H groups in total. The highest BCUT2D eigenvalue weighted by Crippen LogP contribution is 2.30. The van der Waals surface area contributed by atoms with Gasteiger partial charge in [-0.3, -0.25) is 4.79 Å². The van der Waals surface area contributed by atoms with Crippen molar-refractivity contribution >= 4 is 10.9 Å². The molecule has 1 aromatic heterocycles. The summed E-state index contributed by atoms with van der Waals surface area (Å²) in [7, 11) is 0. The van der Waals surface area contributed by atoms with E-state index in [1.54, 1.807) is 0 Å². The maximum atomic E-state index is 11.8. The van der Waals surface area contributed by atoms with Crippen LogP contribution in [0.4, 0.5) is 0 Å². The van der Waals surface area contributed by atoms with E-state index in [-0.39, 0.29) is 5.56 Å². The molecule has 3 aromatic carbocycles. The summed E-state index contributed by atoms with van der Waals surface area (Å²) in [4.78, 5) is 14.7. The molecular formula is C21H15NO2. The number of aromatic amines is 1. The first-order valence-corrected chi connectivity index (χ1v) is 7.75. The number of para-hydroxylation sites is 1. The van der Waals surface area contributed by atoms with Gasteiger partial charge in [-0.1, -0.05) is 54.6 Å². The summed E-state index contributed by atoms with van der Waals surface area (Å²) < 4.78 is 6.01. The fourth-order valence-corrected chi connectivity index (χ4v) is 2.75. The van der Waals surface area contributed by atoms with Crippen molar-refractivity contribution in [3.63, 3.8) is 0 Å². The fourth-order valence-electron chi connectivity index (χ4n) is 2.75. The van der Waals surface area contributed by atoms with E-state index in [1.165, 1.54) is 6.07 Å². The fraction of sp³-hybridized carbons (Fsp3) is 0. The van der Waals surface area contributed by atoms with Gasteiger partial charge < -0.3 is 9.72 Å². The predicted octanol–water partition coefficient (Wildman–Crippen LogP) is 4.99. The number of rotatable bonds is 3. The SMILES string of the molecule is O=c1cc(Oc2cccc(-c3ccccc3)c2)c2ccccc2[nH]1. The van der Waals surface area contributed by atoms with Crippen LogP contribution in [-0.2, 0) is 0 Å². The Bertz CT molecular complexity index is 1050. The summed E-state index contributed by atoms with van der Waals surface area (Å²) in [6, 6.07) is 27.1. The summed E-state index contributed by atoms with van der Waals surface area (Å²) in [5.41, 5.74) is 2.78. The van der Waals surface area contributed by atoms with Gasteiger partial charge in [-0.05, 0) is 35.4 Å². The molecule has 4 aromatic rings. The molecule has 0 atom stereocenters. The quantitative estimate of drug-likeness (QED) is 0.579. The number of ether oxygens (including phenoxy) is 1. The highest BCUT2D eigenvalue weighted by Gasteiger charge is 2.06. The Morgan fingerprint density at radius 2 is 1.46 bits per heavy atom. The van der Waals surface area contributed by atoms with E-state index in [2.05, 4.69) is 17.1 Å². The summed E-state index contributed by atoms with van der Waals surface area (Å²) in [5.74, 6) is 1.26. The van der Waals surface area contributed by atoms with Crippen LogP contribution < -0.4 is 10.3 Å². The van der Waals surface area contributed by atoms with Gasteiger partial charge >= 0.3 is 0 Å². The van der Waals surface area contributed by atoms with E-state index >= 15 is 0 Å². The van der Waals surface area contributed by atoms with Crippen molar-refractivity contribution in [2.75, 3.05) is 0 Å². The summed E-state index contributed by atoms with van der Waals surface area (Å²) in [6.45, 7) is 0. The van der Waals surface area contributed by atoms with E-state index < -0.39 is 0 Å². The van der Waals surface area contributed by atoms with Crippen molar-refractivity contribution in [2.45, 2.75) is 0 Å². The van der Waals surface area contributed by atoms with Gasteiger partial charge in [0.2, 0.25) is 0 Å². The molecule has 4 rings (SSSR count). The zero-order valence-corrected chi connectivity index (χ0v) is 12.9. The van der Waals surface area contributed by atoms with Crippen molar-refractivity contribution < 1.29 is 4.74 Å². The van der Waals surface area contributed by atoms with Crippen molar-refractivity contribution in [1.82, 2.24) is 4.98 Å². The Morgan fingerprint density at radius 1 is 0.708 bits per heavy atom. The van der Waals surface area contributed by atoms with Gasteiger partial charge in [-0.2, -0.15) is 0 Å². The number of hydrogen-bond acceptors (Lipinski definition) is 2. The number of aromatic nitrogens is 1. The van der Waals surface area contributed by atoms with Gasteiger partial charge in [0.05, 0.1) is 5.52 Å². The van der Waals surface area contributed by atoms with Crippen molar-refractivity contribution in [3.8, 4) is 22.6 Å². The Hall–Kier alpha value is -3.33. The lowest BCUT2D eigenvalue weighted by atomic mass is 10.1. The largest absolute Gasteiger partial charge is 0.456 e. The molecule has 0 fully saturated rings. The molecule has 0 saturated heterocycles. The number of nitrogens with one attached hydrogen (secondary N) is 1. The highest BCUT2D eigenvalue weighted by molar-refractivity contribution is 5.85. The first kappa shape index (κ1) is 14.3. The Morgan fingerprint density at radius 3 is 2.33 bits per heavy atom. The Kier molecular flexibility index (Phi) is 3.60. The second kappa shape index (κ2) is 6.05. The lowest BCUT2D eigenvalue weighted by Gasteiger charge is -2.10. The van der Waals surface area contributed by atoms with Crippen LogP contribution in [-0.4, -0.2) is 4.98 Å². The van der Waals surface area contributed by atoms with E-state index in [9.17, 15) is 4.79 Å². The minimum absolute atomic E-state index is 0.178. The number of fused-ring (bicyclic) bond motifs is 1. The van der Waals surface area contributed by atoms with Crippen LogP contribution in [0, 0.1) is 0 Å². The lowest BCUT2D eigenvalue weighted by molar-refractivity contribution is 0.487. The van der Waals surface area contributed by atoms with Crippen LogP contribution in [0.1, 0.15) is 0 Å². The molecule has 0 aliphatic heterocycles. The van der Waals surface area contributed by atoms with Gasteiger partial charge in [0.25, 0.3) is 5.56 Å². The third-order valence-corrected chi connectivity index (χ3v) is 3.88.